The van der Waals surface area contributed by atoms with Crippen LogP contribution in [-0.4, -0.2) is 17.6 Å². The predicted molar refractivity (Wildman–Crippen MR) is 62.6 cm³/mol. The molecule has 0 atom stereocenters. The van der Waals surface area contributed by atoms with Crippen LogP contribution in [0.5, 0.6) is 0 Å². The van der Waals surface area contributed by atoms with E-state index >= 15 is 0 Å². The summed E-state index contributed by atoms with van der Waals surface area (Å²) in [5, 5.41) is 7.54. The molecule has 0 fully saturated rings. The number of hydrogen-bond donors (Lipinski definition) is 2. The number of thiocarbonyl (C=S) groups is 1. The third-order valence-corrected chi connectivity index (χ3v) is 2.49. The number of amides is 1. The first-order chi connectivity index (χ1) is 6.74. The van der Waals surface area contributed by atoms with E-state index in [0.29, 0.717) is 16.5 Å². The second-order valence-electron chi connectivity index (χ2n) is 2.43. The maximum absolute atomic E-state index is 11.4. The summed E-state index contributed by atoms with van der Waals surface area (Å²) in [7, 11) is 0. The van der Waals surface area contributed by atoms with Crippen LogP contribution < -0.4 is 10.6 Å². The van der Waals surface area contributed by atoms with Crippen LogP contribution in [0, 0.1) is 0 Å². The molecule has 0 unspecified atom stereocenters. The first-order valence-corrected chi connectivity index (χ1v) is 5.26. The van der Waals surface area contributed by atoms with Gasteiger partial charge in [-0.25, -0.2) is 0 Å². The minimum absolute atomic E-state index is 0.179. The van der Waals surface area contributed by atoms with Crippen molar-refractivity contribution >= 4 is 34.6 Å². The summed E-state index contributed by atoms with van der Waals surface area (Å²) in [6, 6.07) is 3.57. The SMILES string of the molecule is C=CCNC(=S)NC(=O)c1cccs1. The molecule has 1 aromatic heterocycles. The molecule has 0 bridgehead atoms. The fraction of sp³-hybridized carbons (Fsp3) is 0.111. The van der Waals surface area contributed by atoms with Crippen LogP contribution in [0.4, 0.5) is 0 Å². The zero-order valence-electron chi connectivity index (χ0n) is 7.45. The Morgan fingerprint density at radius 2 is 2.50 bits per heavy atom. The highest BCUT2D eigenvalue weighted by Gasteiger charge is 2.06. The standard InChI is InChI=1S/C9H10N2OS2/c1-2-5-10-9(13)11-8(12)7-4-3-6-14-7/h2-4,6H,1,5H2,(H2,10,11,12,13). The molecular weight excluding hydrogens is 216 g/mol. The Morgan fingerprint density at radius 1 is 1.71 bits per heavy atom. The quantitative estimate of drug-likeness (QED) is 0.607. The van der Waals surface area contributed by atoms with E-state index in [1.165, 1.54) is 11.3 Å². The van der Waals surface area contributed by atoms with E-state index in [1.54, 1.807) is 12.1 Å². The van der Waals surface area contributed by atoms with Crippen LogP contribution in [0.25, 0.3) is 0 Å². The maximum Gasteiger partial charge on any atom is 0.267 e. The van der Waals surface area contributed by atoms with E-state index < -0.39 is 0 Å². The molecule has 0 aliphatic rings. The van der Waals surface area contributed by atoms with Gasteiger partial charge in [0.1, 0.15) is 0 Å². The minimum Gasteiger partial charge on any atom is -0.359 e. The van der Waals surface area contributed by atoms with Gasteiger partial charge in [-0.2, -0.15) is 0 Å². The van der Waals surface area contributed by atoms with Crippen LogP contribution in [0.3, 0.4) is 0 Å². The van der Waals surface area contributed by atoms with Gasteiger partial charge in [-0.3, -0.25) is 10.1 Å². The van der Waals surface area contributed by atoms with Crippen molar-refractivity contribution < 1.29 is 4.79 Å². The van der Waals surface area contributed by atoms with Crippen molar-refractivity contribution in [2.75, 3.05) is 6.54 Å². The largest absolute Gasteiger partial charge is 0.359 e. The molecular formula is C9H10N2OS2. The molecule has 1 amide bonds. The summed E-state index contributed by atoms with van der Waals surface area (Å²) in [6.45, 7) is 4.07. The highest BCUT2D eigenvalue weighted by atomic mass is 32.1. The number of thiophene rings is 1. The zero-order valence-corrected chi connectivity index (χ0v) is 9.08. The van der Waals surface area contributed by atoms with Gasteiger partial charge in [-0.1, -0.05) is 12.1 Å². The average molecular weight is 226 g/mol. The van der Waals surface area contributed by atoms with Gasteiger partial charge in [0.05, 0.1) is 4.88 Å². The molecule has 1 rings (SSSR count). The molecule has 0 aliphatic carbocycles. The van der Waals surface area contributed by atoms with Crippen molar-refractivity contribution in [2.24, 2.45) is 0 Å². The van der Waals surface area contributed by atoms with E-state index in [0.717, 1.165) is 0 Å². The molecule has 0 spiro atoms. The van der Waals surface area contributed by atoms with Gasteiger partial charge in [0.2, 0.25) is 0 Å². The monoisotopic (exact) mass is 226 g/mol. The molecule has 14 heavy (non-hydrogen) atoms. The van der Waals surface area contributed by atoms with E-state index in [1.807, 2.05) is 11.4 Å². The lowest BCUT2D eigenvalue weighted by atomic mass is 10.4. The van der Waals surface area contributed by atoms with Crippen LogP contribution in [0.15, 0.2) is 30.2 Å². The topological polar surface area (TPSA) is 41.1 Å². The first-order valence-electron chi connectivity index (χ1n) is 3.97. The van der Waals surface area contributed by atoms with Crippen molar-refractivity contribution in [2.45, 2.75) is 0 Å². The summed E-state index contributed by atoms with van der Waals surface area (Å²) >= 11 is 6.26. The van der Waals surface area contributed by atoms with Gasteiger partial charge >= 0.3 is 0 Å². The summed E-state index contributed by atoms with van der Waals surface area (Å²) in [6.07, 6.45) is 1.67. The maximum atomic E-state index is 11.4. The fourth-order valence-electron chi connectivity index (χ4n) is 0.782. The molecule has 0 saturated heterocycles. The lowest BCUT2D eigenvalue weighted by Crippen LogP contribution is -2.38. The number of nitrogens with one attached hydrogen (secondary N) is 2. The zero-order chi connectivity index (χ0) is 10.4. The molecule has 0 radical (unpaired) electrons. The second kappa shape index (κ2) is 5.51. The van der Waals surface area contributed by atoms with Crippen LogP contribution in [-0.2, 0) is 0 Å². The van der Waals surface area contributed by atoms with Gasteiger partial charge < -0.3 is 5.32 Å². The Bertz CT molecular complexity index is 333. The highest BCUT2D eigenvalue weighted by molar-refractivity contribution is 7.80. The molecule has 0 saturated carbocycles. The van der Waals surface area contributed by atoms with Gasteiger partial charge in [0.15, 0.2) is 5.11 Å². The van der Waals surface area contributed by atoms with Crippen molar-refractivity contribution in [3.8, 4) is 0 Å². The van der Waals surface area contributed by atoms with Gasteiger partial charge in [0, 0.05) is 6.54 Å². The van der Waals surface area contributed by atoms with E-state index in [2.05, 4.69) is 17.2 Å². The van der Waals surface area contributed by atoms with E-state index in [9.17, 15) is 4.79 Å². The normalized spacial score (nSPS) is 9.14. The van der Waals surface area contributed by atoms with Crippen molar-refractivity contribution in [1.29, 1.82) is 0 Å². The summed E-state index contributed by atoms with van der Waals surface area (Å²) in [5.74, 6) is -0.179. The van der Waals surface area contributed by atoms with Gasteiger partial charge in [-0.05, 0) is 23.7 Å². The molecule has 1 aromatic rings. The third kappa shape index (κ3) is 3.27. The van der Waals surface area contributed by atoms with Gasteiger partial charge in [-0.15, -0.1) is 17.9 Å². The minimum atomic E-state index is -0.179. The highest BCUT2D eigenvalue weighted by Crippen LogP contribution is 2.07. The Kier molecular flexibility index (Phi) is 4.28. The number of rotatable bonds is 3. The van der Waals surface area contributed by atoms with Crippen molar-refractivity contribution in [3.63, 3.8) is 0 Å². The Balaban J connectivity index is 2.41. The first kappa shape index (κ1) is 10.9. The van der Waals surface area contributed by atoms with Gasteiger partial charge in [0.25, 0.3) is 5.91 Å². The number of carbonyl (C=O) groups excluding carboxylic acids is 1. The smallest absolute Gasteiger partial charge is 0.267 e. The molecule has 74 valence electrons. The molecule has 0 aromatic carbocycles. The summed E-state index contributed by atoms with van der Waals surface area (Å²) < 4.78 is 0. The lowest BCUT2D eigenvalue weighted by molar-refractivity contribution is 0.0980. The molecule has 2 N–H and O–H groups in total. The average Bonchev–Trinajstić information content (AvgIpc) is 2.67. The fourth-order valence-corrected chi connectivity index (χ4v) is 1.58. The predicted octanol–water partition coefficient (Wildman–Crippen LogP) is 1.54. The van der Waals surface area contributed by atoms with Crippen LogP contribution in [0.2, 0.25) is 0 Å². The third-order valence-electron chi connectivity index (χ3n) is 1.38. The van der Waals surface area contributed by atoms with Crippen LogP contribution >= 0.6 is 23.6 Å². The molecule has 1 heterocycles. The number of hydrogen-bond acceptors (Lipinski definition) is 3. The lowest BCUT2D eigenvalue weighted by Gasteiger charge is -2.05. The summed E-state index contributed by atoms with van der Waals surface area (Å²) in [5.41, 5.74) is 0. The summed E-state index contributed by atoms with van der Waals surface area (Å²) in [4.78, 5) is 12.1. The van der Waals surface area contributed by atoms with E-state index in [-0.39, 0.29) is 5.91 Å². The van der Waals surface area contributed by atoms with Crippen molar-refractivity contribution in [3.05, 3.63) is 35.0 Å². The Morgan fingerprint density at radius 3 is 3.07 bits per heavy atom. The van der Waals surface area contributed by atoms with E-state index in [4.69, 9.17) is 12.2 Å². The Labute approximate surface area is 91.8 Å². The number of carbonyl (C=O) groups is 1. The molecule has 5 heteroatoms. The second-order valence-corrected chi connectivity index (χ2v) is 3.79. The van der Waals surface area contributed by atoms with Crippen molar-refractivity contribution in [1.82, 2.24) is 10.6 Å². The van der Waals surface area contributed by atoms with Crippen LogP contribution in [0.1, 0.15) is 9.67 Å². The molecule has 0 aliphatic heterocycles. The Hall–Kier alpha value is -1.20. The molecule has 3 nitrogen and oxygen atoms in total.